The highest BCUT2D eigenvalue weighted by atomic mass is 32.2. The largest absolute Gasteiger partial charge is 0.508 e. The highest BCUT2D eigenvalue weighted by Gasteiger charge is 2.32. The number of phenols is 1. The number of nitrogens with one attached hydrogen (secondary N) is 4. The molecule has 0 aromatic heterocycles. The summed E-state index contributed by atoms with van der Waals surface area (Å²) in [5, 5.41) is 23.1. The van der Waals surface area contributed by atoms with Gasteiger partial charge in [-0.15, -0.1) is 23.5 Å². The van der Waals surface area contributed by atoms with E-state index in [0.29, 0.717) is 5.08 Å². The van der Waals surface area contributed by atoms with Crippen LogP contribution in [0.25, 0.3) is 10.8 Å². The summed E-state index contributed by atoms with van der Waals surface area (Å²) in [7, 11) is 0. The van der Waals surface area contributed by atoms with Gasteiger partial charge < -0.3 is 37.8 Å². The van der Waals surface area contributed by atoms with Crippen molar-refractivity contribution < 1.29 is 29.1 Å². The van der Waals surface area contributed by atoms with Gasteiger partial charge in [-0.3, -0.25) is 24.0 Å². The van der Waals surface area contributed by atoms with Crippen molar-refractivity contribution in [2.75, 3.05) is 16.6 Å². The second-order valence-corrected chi connectivity index (χ2v) is 15.0. The highest BCUT2D eigenvalue weighted by Crippen LogP contribution is 2.19. The van der Waals surface area contributed by atoms with Crippen molar-refractivity contribution in [3.63, 3.8) is 0 Å². The van der Waals surface area contributed by atoms with Crippen molar-refractivity contribution in [1.82, 2.24) is 21.3 Å². The van der Waals surface area contributed by atoms with E-state index >= 15 is 0 Å². The topological polar surface area (TPSA) is 206 Å². The molecule has 4 aromatic rings. The molecule has 4 aromatic carbocycles. The van der Waals surface area contributed by atoms with Crippen LogP contribution in [-0.2, 0) is 43.2 Å². The summed E-state index contributed by atoms with van der Waals surface area (Å²) in [6.07, 6.45) is 0.353. The van der Waals surface area contributed by atoms with E-state index < -0.39 is 59.7 Å². The van der Waals surface area contributed by atoms with Crippen LogP contribution in [0.3, 0.4) is 0 Å². The standard InChI is InChI=1S/C38H42N6O6S2/c39-29(17-24-11-14-28(45)15-12-24)35(47)44-33-21-52-22-51-20-32(34(40)46)43-37(49)30(18-23-6-2-1-3-7-23)41-36(48)31(42-38(33)50)19-25-10-13-26-8-4-5-9-27(26)16-25/h1-16,29-33,45H,17-22,39H2,(H2,40,46)(H,41,48)(H,42,50)(H,43,49)(H,44,47)/t29-,30-,31-,32-,33+/m0/s1. The molecule has 52 heavy (non-hydrogen) atoms. The third-order valence-corrected chi connectivity index (χ3v) is 11.0. The Labute approximate surface area is 310 Å². The third kappa shape index (κ3) is 11.0. The van der Waals surface area contributed by atoms with Crippen molar-refractivity contribution in [1.29, 1.82) is 0 Å². The van der Waals surface area contributed by atoms with E-state index in [-0.39, 0.29) is 36.5 Å². The number of primary amides is 1. The summed E-state index contributed by atoms with van der Waals surface area (Å²) in [6, 6.07) is 23.6. The van der Waals surface area contributed by atoms with Crippen LogP contribution in [0, 0.1) is 0 Å². The molecule has 5 amide bonds. The minimum atomic E-state index is -1.15. The molecule has 14 heteroatoms. The first-order chi connectivity index (χ1) is 25.0. The van der Waals surface area contributed by atoms with Crippen LogP contribution in [0.4, 0.5) is 0 Å². The summed E-state index contributed by atoms with van der Waals surface area (Å²) >= 11 is 2.67. The van der Waals surface area contributed by atoms with Crippen LogP contribution in [-0.4, -0.2) is 81.4 Å². The molecule has 0 bridgehead atoms. The first kappa shape index (κ1) is 38.2. The first-order valence-electron chi connectivity index (χ1n) is 16.8. The normalized spacial score (nSPS) is 21.1. The van der Waals surface area contributed by atoms with Crippen molar-refractivity contribution in [3.8, 4) is 5.75 Å². The Balaban J connectivity index is 1.43. The quantitative estimate of drug-likeness (QED) is 0.133. The minimum Gasteiger partial charge on any atom is -0.508 e. The molecule has 0 unspecified atom stereocenters. The lowest BCUT2D eigenvalue weighted by atomic mass is 9.99. The van der Waals surface area contributed by atoms with Gasteiger partial charge in [0.25, 0.3) is 0 Å². The van der Waals surface area contributed by atoms with Crippen LogP contribution in [0.15, 0.2) is 97.1 Å². The van der Waals surface area contributed by atoms with Crippen molar-refractivity contribution in [3.05, 3.63) is 114 Å². The third-order valence-electron chi connectivity index (χ3n) is 8.56. The SMILES string of the molecule is NC(=O)[C@@H]1CSCSC[C@@H](NC(=O)[C@@H](N)Cc2ccc(O)cc2)C(=O)N[C@@H](Cc2ccc3ccccc3c2)C(=O)N[C@@H](Cc2ccccc2)C(=O)N1. The number of nitrogens with two attached hydrogens (primary N) is 2. The van der Waals surface area contributed by atoms with Crippen LogP contribution < -0.4 is 32.7 Å². The Morgan fingerprint density at radius 3 is 2.04 bits per heavy atom. The molecule has 1 heterocycles. The molecule has 0 radical (unpaired) electrons. The van der Waals surface area contributed by atoms with Crippen molar-refractivity contribution in [2.24, 2.45) is 11.5 Å². The predicted octanol–water partition coefficient (Wildman–Crippen LogP) is 1.76. The van der Waals surface area contributed by atoms with Crippen molar-refractivity contribution >= 4 is 63.8 Å². The molecule has 1 saturated heterocycles. The number of aromatic hydroxyl groups is 1. The molecule has 0 saturated carbocycles. The second kappa shape index (κ2) is 18.4. The van der Waals surface area contributed by atoms with E-state index in [9.17, 15) is 29.1 Å². The summed E-state index contributed by atoms with van der Waals surface area (Å²) in [4.78, 5) is 67.5. The summed E-state index contributed by atoms with van der Waals surface area (Å²) in [6.45, 7) is 0. The number of fused-ring (bicyclic) bond motifs is 1. The summed E-state index contributed by atoms with van der Waals surface area (Å²) in [5.74, 6) is -2.74. The van der Waals surface area contributed by atoms with E-state index in [4.69, 9.17) is 11.5 Å². The number of amides is 5. The fraction of sp³-hybridized carbons (Fsp3) is 0.289. The second-order valence-electron chi connectivity index (χ2n) is 12.6. The number of carbonyl (C=O) groups is 5. The zero-order valence-electron chi connectivity index (χ0n) is 28.3. The zero-order chi connectivity index (χ0) is 37.0. The number of benzene rings is 4. The number of phenolic OH excluding ortho intramolecular Hbond substituents is 1. The maximum Gasteiger partial charge on any atom is 0.244 e. The summed E-state index contributed by atoms with van der Waals surface area (Å²) in [5.41, 5.74) is 14.2. The minimum absolute atomic E-state index is 0.0794. The Bertz CT molecular complexity index is 1880. The van der Waals surface area contributed by atoms with Gasteiger partial charge in [0.1, 0.15) is 29.9 Å². The molecule has 272 valence electrons. The molecule has 5 rings (SSSR count). The average Bonchev–Trinajstić information content (AvgIpc) is 3.14. The lowest BCUT2D eigenvalue weighted by molar-refractivity contribution is -0.134. The Hall–Kier alpha value is -5.05. The molecule has 0 aliphatic carbocycles. The molecular weight excluding hydrogens is 701 g/mol. The van der Waals surface area contributed by atoms with E-state index in [1.54, 1.807) is 12.1 Å². The zero-order valence-corrected chi connectivity index (χ0v) is 30.0. The molecule has 0 spiro atoms. The van der Waals surface area contributed by atoms with Crippen LogP contribution in [0.2, 0.25) is 0 Å². The molecule has 1 aliphatic heterocycles. The molecule has 5 atom stereocenters. The number of hydrogen-bond donors (Lipinski definition) is 7. The predicted molar refractivity (Wildman–Crippen MR) is 204 cm³/mol. The molecule has 12 nitrogen and oxygen atoms in total. The molecule has 1 fully saturated rings. The van der Waals surface area contributed by atoms with Gasteiger partial charge in [0.15, 0.2) is 0 Å². The number of carbonyl (C=O) groups excluding carboxylic acids is 5. The van der Waals surface area contributed by atoms with Gasteiger partial charge in [-0.1, -0.05) is 84.9 Å². The van der Waals surface area contributed by atoms with E-state index in [0.717, 1.165) is 27.5 Å². The number of hydrogen-bond acceptors (Lipinski definition) is 9. The Morgan fingerprint density at radius 1 is 0.731 bits per heavy atom. The van der Waals surface area contributed by atoms with Gasteiger partial charge in [0.05, 0.1) is 6.04 Å². The van der Waals surface area contributed by atoms with Gasteiger partial charge in [-0.25, -0.2) is 0 Å². The van der Waals surface area contributed by atoms with E-state index in [1.165, 1.54) is 35.7 Å². The summed E-state index contributed by atoms with van der Waals surface area (Å²) < 4.78 is 0. The molecule has 1 aliphatic rings. The molecule has 9 N–H and O–H groups in total. The maximum atomic E-state index is 14.2. The van der Waals surface area contributed by atoms with Crippen LogP contribution in [0.5, 0.6) is 5.75 Å². The molecular formula is C38H42N6O6S2. The maximum absolute atomic E-state index is 14.2. The van der Waals surface area contributed by atoms with Gasteiger partial charge >= 0.3 is 0 Å². The monoisotopic (exact) mass is 742 g/mol. The van der Waals surface area contributed by atoms with Gasteiger partial charge in [0.2, 0.25) is 29.5 Å². The number of thioether (sulfide) groups is 2. The Morgan fingerprint density at radius 2 is 1.33 bits per heavy atom. The Kier molecular flexibility index (Phi) is 13.5. The first-order valence-corrected chi connectivity index (χ1v) is 19.1. The average molecular weight is 743 g/mol. The van der Waals surface area contributed by atoms with Gasteiger partial charge in [-0.05, 0) is 46.0 Å². The van der Waals surface area contributed by atoms with Crippen LogP contribution >= 0.6 is 23.5 Å². The fourth-order valence-electron chi connectivity index (χ4n) is 5.71. The van der Waals surface area contributed by atoms with Gasteiger partial charge in [-0.2, -0.15) is 0 Å². The van der Waals surface area contributed by atoms with Gasteiger partial charge in [0, 0.05) is 29.4 Å². The van der Waals surface area contributed by atoms with E-state index in [2.05, 4.69) is 21.3 Å². The van der Waals surface area contributed by atoms with E-state index in [1.807, 2.05) is 72.8 Å². The van der Waals surface area contributed by atoms with Crippen molar-refractivity contribution in [2.45, 2.75) is 49.5 Å². The lowest BCUT2D eigenvalue weighted by Gasteiger charge is -2.26. The smallest absolute Gasteiger partial charge is 0.244 e. The number of rotatable bonds is 9. The highest BCUT2D eigenvalue weighted by molar-refractivity contribution is 8.16. The lowest BCUT2D eigenvalue weighted by Crippen LogP contribution is -2.60. The van der Waals surface area contributed by atoms with Crippen LogP contribution in [0.1, 0.15) is 16.7 Å². The fourth-order valence-corrected chi connectivity index (χ4v) is 7.91.